The molecule has 2 N–H and O–H groups in total. The maximum Gasteiger partial charge on any atom is 0.338 e. The zero-order chi connectivity index (χ0) is 16.3. The van der Waals surface area contributed by atoms with Crippen LogP contribution in [-0.2, 0) is 14.3 Å². The van der Waals surface area contributed by atoms with Crippen molar-refractivity contribution in [2.24, 2.45) is 5.73 Å². The van der Waals surface area contributed by atoms with Crippen molar-refractivity contribution in [1.29, 1.82) is 5.26 Å². The van der Waals surface area contributed by atoms with Crippen LogP contribution in [0.15, 0.2) is 47.1 Å². The lowest BCUT2D eigenvalue weighted by atomic mass is 9.82. The Labute approximate surface area is 133 Å². The molecule has 0 unspecified atom stereocenters. The molecule has 1 aliphatic rings. The Bertz CT molecular complexity index is 699. The van der Waals surface area contributed by atoms with Crippen molar-refractivity contribution in [3.05, 3.63) is 57.6 Å². The molecular weight excluding hydrogens is 304 g/mol. The van der Waals surface area contributed by atoms with Crippen LogP contribution < -0.4 is 5.73 Å². The minimum absolute atomic E-state index is 0.00644. The van der Waals surface area contributed by atoms with E-state index in [1.165, 1.54) is 7.11 Å². The minimum atomic E-state index is -0.626. The van der Waals surface area contributed by atoms with Crippen molar-refractivity contribution < 1.29 is 14.3 Å². The summed E-state index contributed by atoms with van der Waals surface area (Å²) in [6.45, 7) is 1.84. The molecule has 0 amide bonds. The van der Waals surface area contributed by atoms with E-state index in [1.807, 2.05) is 13.0 Å². The first kappa shape index (κ1) is 15.9. The van der Waals surface area contributed by atoms with E-state index in [2.05, 4.69) is 0 Å². The molecule has 1 aromatic rings. The Morgan fingerprint density at radius 2 is 2.09 bits per heavy atom. The van der Waals surface area contributed by atoms with Gasteiger partial charge in [-0.1, -0.05) is 30.7 Å². The van der Waals surface area contributed by atoms with Crippen LogP contribution in [0.25, 0.3) is 0 Å². The number of halogens is 1. The molecule has 0 radical (unpaired) electrons. The van der Waals surface area contributed by atoms with Crippen LogP contribution in [-0.4, -0.2) is 13.1 Å². The van der Waals surface area contributed by atoms with Crippen molar-refractivity contribution in [1.82, 2.24) is 0 Å². The van der Waals surface area contributed by atoms with Gasteiger partial charge in [-0.2, -0.15) is 5.26 Å². The highest BCUT2D eigenvalue weighted by atomic mass is 35.5. The SMILES string of the molecule is CCC1=C(C(=O)OC)[C@H](c2ccc(Cl)cc2)C(C#N)=C(N)O1. The summed E-state index contributed by atoms with van der Waals surface area (Å²) in [7, 11) is 1.29. The third-order valence-electron chi connectivity index (χ3n) is 3.43. The summed E-state index contributed by atoms with van der Waals surface area (Å²) < 4.78 is 10.3. The number of benzene rings is 1. The standard InChI is InChI=1S/C16H15ClN2O3/c1-3-12-14(16(20)21-2)13(11(8-18)15(19)22-12)9-4-6-10(17)7-5-9/h4-7,13H,3,19H2,1-2H3/t13-/m1/s1. The fourth-order valence-corrected chi connectivity index (χ4v) is 2.53. The average Bonchev–Trinajstić information content (AvgIpc) is 2.53. The molecule has 0 bridgehead atoms. The van der Waals surface area contributed by atoms with Crippen LogP contribution in [0.3, 0.4) is 0 Å². The number of esters is 1. The van der Waals surface area contributed by atoms with Crippen LogP contribution in [0, 0.1) is 11.3 Å². The Morgan fingerprint density at radius 3 is 2.59 bits per heavy atom. The van der Waals surface area contributed by atoms with E-state index in [-0.39, 0.29) is 17.0 Å². The van der Waals surface area contributed by atoms with Crippen LogP contribution in [0.4, 0.5) is 0 Å². The van der Waals surface area contributed by atoms with Crippen molar-refractivity contribution in [2.45, 2.75) is 19.3 Å². The summed E-state index contributed by atoms with van der Waals surface area (Å²) in [5.74, 6) is -0.759. The van der Waals surface area contributed by atoms with E-state index in [0.29, 0.717) is 17.2 Å². The number of hydrogen-bond donors (Lipinski definition) is 1. The molecule has 1 atom stereocenters. The molecule has 0 aromatic heterocycles. The third kappa shape index (κ3) is 2.78. The molecule has 5 nitrogen and oxygen atoms in total. The highest BCUT2D eigenvalue weighted by Gasteiger charge is 2.36. The van der Waals surface area contributed by atoms with E-state index < -0.39 is 11.9 Å². The number of rotatable bonds is 3. The number of nitrogens with two attached hydrogens (primary N) is 1. The molecule has 2 rings (SSSR count). The van der Waals surface area contributed by atoms with E-state index >= 15 is 0 Å². The zero-order valence-electron chi connectivity index (χ0n) is 12.2. The number of methoxy groups -OCH3 is 1. The Morgan fingerprint density at radius 1 is 1.45 bits per heavy atom. The molecule has 0 saturated carbocycles. The van der Waals surface area contributed by atoms with E-state index in [4.69, 9.17) is 26.8 Å². The van der Waals surface area contributed by atoms with Gasteiger partial charge in [0, 0.05) is 11.4 Å². The van der Waals surface area contributed by atoms with Crippen LogP contribution in [0.2, 0.25) is 5.02 Å². The lowest BCUT2D eigenvalue weighted by Crippen LogP contribution is -2.25. The third-order valence-corrected chi connectivity index (χ3v) is 3.68. The zero-order valence-corrected chi connectivity index (χ0v) is 13.0. The normalized spacial score (nSPS) is 17.8. The maximum atomic E-state index is 12.2. The smallest absolute Gasteiger partial charge is 0.338 e. The van der Waals surface area contributed by atoms with Crippen LogP contribution in [0.5, 0.6) is 0 Å². The quantitative estimate of drug-likeness (QED) is 0.866. The number of carbonyl (C=O) groups excluding carboxylic acids is 1. The van der Waals surface area contributed by atoms with Gasteiger partial charge in [0.25, 0.3) is 0 Å². The van der Waals surface area contributed by atoms with Gasteiger partial charge < -0.3 is 15.2 Å². The molecule has 1 heterocycles. The van der Waals surface area contributed by atoms with Gasteiger partial charge in [-0.3, -0.25) is 0 Å². The van der Waals surface area contributed by atoms with Crippen LogP contribution in [0.1, 0.15) is 24.8 Å². The summed E-state index contributed by atoms with van der Waals surface area (Å²) in [6, 6.07) is 8.91. The van der Waals surface area contributed by atoms with Gasteiger partial charge >= 0.3 is 5.97 Å². The highest BCUT2D eigenvalue weighted by Crippen LogP contribution is 2.40. The van der Waals surface area contributed by atoms with E-state index in [9.17, 15) is 10.1 Å². The predicted octanol–water partition coefficient (Wildman–Crippen LogP) is 2.98. The Kier molecular flexibility index (Phi) is 4.74. The molecule has 22 heavy (non-hydrogen) atoms. The molecule has 0 fully saturated rings. The number of ether oxygens (including phenoxy) is 2. The summed E-state index contributed by atoms with van der Waals surface area (Å²) in [6.07, 6.45) is 0.452. The van der Waals surface area contributed by atoms with Gasteiger partial charge in [-0.15, -0.1) is 0 Å². The predicted molar refractivity (Wildman–Crippen MR) is 81.4 cm³/mol. The monoisotopic (exact) mass is 318 g/mol. The lowest BCUT2D eigenvalue weighted by molar-refractivity contribution is -0.136. The molecular formula is C16H15ClN2O3. The Balaban J connectivity index is 2.66. The maximum absolute atomic E-state index is 12.2. The molecule has 0 saturated heterocycles. The van der Waals surface area contributed by atoms with Crippen molar-refractivity contribution in [2.75, 3.05) is 7.11 Å². The van der Waals surface area contributed by atoms with Crippen molar-refractivity contribution >= 4 is 17.6 Å². The van der Waals surface area contributed by atoms with Gasteiger partial charge in [0.15, 0.2) is 0 Å². The van der Waals surface area contributed by atoms with Gasteiger partial charge in [0.2, 0.25) is 5.88 Å². The van der Waals surface area contributed by atoms with Crippen LogP contribution >= 0.6 is 11.6 Å². The highest BCUT2D eigenvalue weighted by molar-refractivity contribution is 6.30. The number of nitrogens with zero attached hydrogens (tertiary/aromatic N) is 1. The summed E-state index contributed by atoms with van der Waals surface area (Å²) in [5.41, 5.74) is 7.03. The van der Waals surface area contributed by atoms with Gasteiger partial charge in [0.1, 0.15) is 17.4 Å². The topological polar surface area (TPSA) is 85.3 Å². The van der Waals surface area contributed by atoms with Gasteiger partial charge in [-0.25, -0.2) is 4.79 Å². The minimum Gasteiger partial charge on any atom is -0.466 e. The van der Waals surface area contributed by atoms with Crippen molar-refractivity contribution in [3.63, 3.8) is 0 Å². The molecule has 1 aliphatic heterocycles. The first-order chi connectivity index (χ1) is 10.5. The second-order valence-electron chi connectivity index (χ2n) is 4.66. The summed E-state index contributed by atoms with van der Waals surface area (Å²) in [5, 5.41) is 9.97. The van der Waals surface area contributed by atoms with E-state index in [0.717, 1.165) is 5.56 Å². The molecule has 0 aliphatic carbocycles. The van der Waals surface area contributed by atoms with Gasteiger partial charge in [0.05, 0.1) is 18.6 Å². The van der Waals surface area contributed by atoms with Crippen molar-refractivity contribution in [3.8, 4) is 6.07 Å². The summed E-state index contributed by atoms with van der Waals surface area (Å²) in [4.78, 5) is 12.2. The van der Waals surface area contributed by atoms with Gasteiger partial charge in [-0.05, 0) is 17.7 Å². The summed E-state index contributed by atoms with van der Waals surface area (Å²) >= 11 is 5.90. The van der Waals surface area contributed by atoms with E-state index in [1.54, 1.807) is 24.3 Å². The number of allylic oxidation sites excluding steroid dienone is 2. The first-order valence-corrected chi connectivity index (χ1v) is 7.05. The Hall–Kier alpha value is -2.45. The number of nitriles is 1. The molecule has 114 valence electrons. The molecule has 1 aromatic carbocycles. The number of hydrogen-bond acceptors (Lipinski definition) is 5. The fraction of sp³-hybridized carbons (Fsp3) is 0.250. The number of carbonyl (C=O) groups is 1. The second-order valence-corrected chi connectivity index (χ2v) is 5.09. The largest absolute Gasteiger partial charge is 0.466 e. The lowest BCUT2D eigenvalue weighted by Gasteiger charge is -2.27. The average molecular weight is 319 g/mol. The fourth-order valence-electron chi connectivity index (χ4n) is 2.40. The second kappa shape index (κ2) is 6.54. The first-order valence-electron chi connectivity index (χ1n) is 6.67. The molecule has 6 heteroatoms. The molecule has 0 spiro atoms.